The summed E-state index contributed by atoms with van der Waals surface area (Å²) < 4.78 is 16.9. The third kappa shape index (κ3) is 1.36. The van der Waals surface area contributed by atoms with Crippen molar-refractivity contribution in [3.8, 4) is 0 Å². The fourth-order valence-corrected chi connectivity index (χ4v) is 3.60. The highest BCUT2D eigenvalue weighted by Crippen LogP contribution is 2.53. The first-order valence-corrected chi connectivity index (χ1v) is 6.08. The molecular weight excluding hydrogens is 208 g/mol. The summed E-state index contributed by atoms with van der Waals surface area (Å²) in [4.78, 5) is 11.8. The summed E-state index contributed by atoms with van der Waals surface area (Å²) in [6, 6.07) is 0. The van der Waals surface area contributed by atoms with E-state index in [4.69, 9.17) is 14.2 Å². The number of hydrogen-bond acceptors (Lipinski definition) is 4. The molecule has 0 unspecified atom stereocenters. The van der Waals surface area contributed by atoms with Gasteiger partial charge in [-0.1, -0.05) is 0 Å². The lowest BCUT2D eigenvalue weighted by atomic mass is 9.84. The predicted molar refractivity (Wildman–Crippen MR) is 55.9 cm³/mol. The fourth-order valence-electron chi connectivity index (χ4n) is 3.60. The van der Waals surface area contributed by atoms with Gasteiger partial charge in [-0.05, 0) is 13.8 Å². The van der Waals surface area contributed by atoms with Crippen LogP contribution in [0.4, 0.5) is 0 Å². The maximum absolute atomic E-state index is 11.8. The van der Waals surface area contributed by atoms with Crippen molar-refractivity contribution in [2.75, 3.05) is 13.2 Å². The van der Waals surface area contributed by atoms with Gasteiger partial charge in [0, 0.05) is 25.4 Å². The molecule has 0 amide bonds. The van der Waals surface area contributed by atoms with Crippen molar-refractivity contribution in [2.24, 2.45) is 11.8 Å². The van der Waals surface area contributed by atoms with E-state index in [1.54, 1.807) is 0 Å². The van der Waals surface area contributed by atoms with E-state index in [9.17, 15) is 4.79 Å². The number of carbonyl (C=O) groups excluding carboxylic acids is 1. The Labute approximate surface area is 95.2 Å². The van der Waals surface area contributed by atoms with Crippen molar-refractivity contribution >= 4 is 5.78 Å². The number of carbonyl (C=O) groups is 1. The van der Waals surface area contributed by atoms with Gasteiger partial charge in [0.05, 0.1) is 17.6 Å². The number of rotatable bonds is 2. The Hall–Kier alpha value is -0.450. The van der Waals surface area contributed by atoms with Crippen LogP contribution in [0.3, 0.4) is 0 Å². The van der Waals surface area contributed by atoms with Crippen molar-refractivity contribution in [3.05, 3.63) is 0 Å². The van der Waals surface area contributed by atoms with E-state index in [0.717, 1.165) is 12.8 Å². The van der Waals surface area contributed by atoms with Crippen LogP contribution in [-0.2, 0) is 19.0 Å². The molecule has 2 heterocycles. The molecule has 90 valence electrons. The Morgan fingerprint density at radius 2 is 2.38 bits per heavy atom. The SMILES string of the molecule is CCO[C@H]1C[C@H]2[C@H]3C(=O)CO[C@@]3(C)C[C@H]2O1. The zero-order chi connectivity index (χ0) is 11.3. The molecule has 0 aromatic rings. The average molecular weight is 226 g/mol. The zero-order valence-corrected chi connectivity index (χ0v) is 9.77. The Bertz CT molecular complexity index is 316. The minimum Gasteiger partial charge on any atom is -0.367 e. The van der Waals surface area contributed by atoms with Crippen LogP contribution < -0.4 is 0 Å². The van der Waals surface area contributed by atoms with Gasteiger partial charge in [0.1, 0.15) is 6.61 Å². The van der Waals surface area contributed by atoms with E-state index in [1.807, 2.05) is 13.8 Å². The number of ketones is 1. The first-order valence-electron chi connectivity index (χ1n) is 6.08. The van der Waals surface area contributed by atoms with Crippen LogP contribution in [0.5, 0.6) is 0 Å². The van der Waals surface area contributed by atoms with Gasteiger partial charge in [0.2, 0.25) is 0 Å². The van der Waals surface area contributed by atoms with E-state index in [2.05, 4.69) is 0 Å². The van der Waals surface area contributed by atoms with Crippen LogP contribution >= 0.6 is 0 Å². The molecule has 16 heavy (non-hydrogen) atoms. The van der Waals surface area contributed by atoms with Gasteiger partial charge in [-0.15, -0.1) is 0 Å². The van der Waals surface area contributed by atoms with Crippen LogP contribution in [0.15, 0.2) is 0 Å². The topological polar surface area (TPSA) is 44.8 Å². The van der Waals surface area contributed by atoms with E-state index in [0.29, 0.717) is 12.5 Å². The second kappa shape index (κ2) is 3.52. The van der Waals surface area contributed by atoms with Gasteiger partial charge < -0.3 is 14.2 Å². The Balaban J connectivity index is 1.78. The second-order valence-electron chi connectivity index (χ2n) is 5.21. The minimum atomic E-state index is -0.274. The summed E-state index contributed by atoms with van der Waals surface area (Å²) in [7, 11) is 0. The standard InChI is InChI=1S/C12H18O4/c1-3-14-10-4-7-9(16-10)5-12(2)11(7)8(13)6-15-12/h7,9-11H,3-6H2,1-2H3/t7-,9-,10-,11+,12+/m1/s1. The third-order valence-corrected chi connectivity index (χ3v) is 4.20. The van der Waals surface area contributed by atoms with Crippen LogP contribution in [-0.4, -0.2) is 37.0 Å². The molecule has 1 aliphatic carbocycles. The summed E-state index contributed by atoms with van der Waals surface area (Å²) >= 11 is 0. The zero-order valence-electron chi connectivity index (χ0n) is 9.77. The summed E-state index contributed by atoms with van der Waals surface area (Å²) in [6.45, 7) is 4.95. The molecule has 0 spiro atoms. The molecule has 1 saturated carbocycles. The molecule has 2 saturated heterocycles. The quantitative estimate of drug-likeness (QED) is 0.708. The van der Waals surface area contributed by atoms with E-state index in [-0.39, 0.29) is 36.3 Å². The van der Waals surface area contributed by atoms with Crippen molar-refractivity contribution in [2.45, 2.75) is 44.7 Å². The van der Waals surface area contributed by atoms with E-state index >= 15 is 0 Å². The van der Waals surface area contributed by atoms with Gasteiger partial charge >= 0.3 is 0 Å². The first kappa shape index (κ1) is 10.7. The molecule has 4 nitrogen and oxygen atoms in total. The lowest BCUT2D eigenvalue weighted by Gasteiger charge is -2.24. The van der Waals surface area contributed by atoms with Crippen LogP contribution in [0, 0.1) is 11.8 Å². The monoisotopic (exact) mass is 226 g/mol. The highest BCUT2D eigenvalue weighted by atomic mass is 16.7. The van der Waals surface area contributed by atoms with Gasteiger partial charge in [-0.2, -0.15) is 0 Å². The van der Waals surface area contributed by atoms with Crippen LogP contribution in [0.2, 0.25) is 0 Å². The number of Topliss-reactive ketones (excluding diaryl/α,β-unsaturated/α-hetero) is 1. The maximum atomic E-state index is 11.8. The smallest absolute Gasteiger partial charge is 0.164 e. The van der Waals surface area contributed by atoms with Crippen molar-refractivity contribution in [1.29, 1.82) is 0 Å². The maximum Gasteiger partial charge on any atom is 0.164 e. The van der Waals surface area contributed by atoms with Gasteiger partial charge in [0.15, 0.2) is 12.1 Å². The molecule has 3 aliphatic rings. The molecule has 3 rings (SSSR count). The number of fused-ring (bicyclic) bond motifs is 3. The Kier molecular flexibility index (Phi) is 2.35. The number of ether oxygens (including phenoxy) is 3. The van der Waals surface area contributed by atoms with E-state index in [1.165, 1.54) is 0 Å². The van der Waals surface area contributed by atoms with Crippen molar-refractivity contribution < 1.29 is 19.0 Å². The minimum absolute atomic E-state index is 0.0305. The lowest BCUT2D eigenvalue weighted by Crippen LogP contribution is -2.32. The Morgan fingerprint density at radius 1 is 1.56 bits per heavy atom. The number of hydrogen-bond donors (Lipinski definition) is 0. The molecule has 4 heteroatoms. The fraction of sp³-hybridized carbons (Fsp3) is 0.917. The summed E-state index contributed by atoms with van der Waals surface area (Å²) in [5.41, 5.74) is -0.274. The molecule has 0 N–H and O–H groups in total. The average Bonchev–Trinajstić information content (AvgIpc) is 2.77. The lowest BCUT2D eigenvalue weighted by molar-refractivity contribution is -0.139. The molecular formula is C12H18O4. The van der Waals surface area contributed by atoms with Crippen molar-refractivity contribution in [3.63, 3.8) is 0 Å². The summed E-state index contributed by atoms with van der Waals surface area (Å²) in [5, 5.41) is 0. The van der Waals surface area contributed by atoms with Crippen LogP contribution in [0.25, 0.3) is 0 Å². The molecule has 0 radical (unpaired) electrons. The normalized spacial score (nSPS) is 50.8. The van der Waals surface area contributed by atoms with E-state index < -0.39 is 0 Å². The molecule has 5 atom stereocenters. The van der Waals surface area contributed by atoms with Crippen LogP contribution in [0.1, 0.15) is 26.7 Å². The molecule has 0 aromatic heterocycles. The Morgan fingerprint density at radius 3 is 3.12 bits per heavy atom. The third-order valence-electron chi connectivity index (χ3n) is 4.20. The van der Waals surface area contributed by atoms with Gasteiger partial charge in [-0.25, -0.2) is 0 Å². The van der Waals surface area contributed by atoms with Gasteiger partial charge in [0.25, 0.3) is 0 Å². The largest absolute Gasteiger partial charge is 0.367 e. The molecule has 0 bridgehead atoms. The van der Waals surface area contributed by atoms with Gasteiger partial charge in [-0.3, -0.25) is 4.79 Å². The second-order valence-corrected chi connectivity index (χ2v) is 5.21. The predicted octanol–water partition coefficient (Wildman–Crippen LogP) is 1.13. The molecule has 0 aromatic carbocycles. The first-order chi connectivity index (χ1) is 7.64. The molecule has 3 fully saturated rings. The molecule has 2 aliphatic heterocycles. The summed E-state index contributed by atoms with van der Waals surface area (Å²) in [6.07, 6.45) is 1.71. The van der Waals surface area contributed by atoms with Crippen molar-refractivity contribution in [1.82, 2.24) is 0 Å². The summed E-state index contributed by atoms with van der Waals surface area (Å²) in [5.74, 6) is 0.579. The highest BCUT2D eigenvalue weighted by Gasteiger charge is 2.61. The highest BCUT2D eigenvalue weighted by molar-refractivity contribution is 5.86.